The number of hydrogen-bond acceptors (Lipinski definition) is 4. The Hall–Kier alpha value is 0.0400. The molecule has 0 heterocycles. The van der Waals surface area contributed by atoms with Gasteiger partial charge in [0.15, 0.2) is 4.31 Å². The van der Waals surface area contributed by atoms with E-state index in [-0.39, 0.29) is 7.43 Å². The molecule has 0 aliphatic rings. The largest absolute Gasteiger partial charge is 0.745 e. The minimum atomic E-state index is -2.92. The third-order valence-corrected chi connectivity index (χ3v) is 1.26. The second-order valence-electron chi connectivity index (χ2n) is 0.966. The maximum absolute atomic E-state index is 9.39. The van der Waals surface area contributed by atoms with Crippen LogP contribution in [0.15, 0.2) is 0 Å². The van der Waals surface area contributed by atoms with Gasteiger partial charge >= 0.3 is 16.5 Å². The molecular formula is C3H13NO5P2+2. The SMILES string of the molecule is C.CCN.O=[P+](O)O[P+](=O)O. The molecule has 0 aromatic rings. The van der Waals surface area contributed by atoms with Crippen LogP contribution < -0.4 is 5.73 Å². The quantitative estimate of drug-likeness (QED) is 0.577. The van der Waals surface area contributed by atoms with Crippen LogP contribution >= 0.6 is 16.5 Å². The summed E-state index contributed by atoms with van der Waals surface area (Å²) in [6.45, 7) is 2.65. The minimum absolute atomic E-state index is 0. The van der Waals surface area contributed by atoms with Gasteiger partial charge in [-0.3, -0.25) is 0 Å². The van der Waals surface area contributed by atoms with Crippen molar-refractivity contribution in [2.75, 3.05) is 6.54 Å². The Morgan fingerprint density at radius 3 is 1.55 bits per heavy atom. The van der Waals surface area contributed by atoms with Gasteiger partial charge in [-0.1, -0.05) is 14.4 Å². The first-order valence-electron chi connectivity index (χ1n) is 2.25. The van der Waals surface area contributed by atoms with Crippen LogP contribution in [0.2, 0.25) is 0 Å². The highest BCUT2D eigenvalue weighted by Crippen LogP contribution is 2.30. The Bertz CT molecular complexity index is 106. The maximum Gasteiger partial charge on any atom is 0.745 e. The summed E-state index contributed by atoms with van der Waals surface area (Å²) in [7, 11) is -5.85. The van der Waals surface area contributed by atoms with E-state index in [4.69, 9.17) is 15.5 Å². The molecule has 2 atom stereocenters. The van der Waals surface area contributed by atoms with Crippen LogP contribution in [0.4, 0.5) is 0 Å². The molecule has 0 bridgehead atoms. The highest BCUT2D eigenvalue weighted by Gasteiger charge is 2.31. The van der Waals surface area contributed by atoms with Crippen molar-refractivity contribution >= 4 is 16.5 Å². The minimum Gasteiger partial charge on any atom is -0.331 e. The van der Waals surface area contributed by atoms with Gasteiger partial charge < -0.3 is 5.73 Å². The van der Waals surface area contributed by atoms with E-state index in [1.165, 1.54) is 0 Å². The van der Waals surface area contributed by atoms with E-state index in [1.807, 2.05) is 6.92 Å². The molecule has 0 saturated heterocycles. The fourth-order valence-electron chi connectivity index (χ4n) is 0.0598. The summed E-state index contributed by atoms with van der Waals surface area (Å²) < 4.78 is 22.2. The normalized spacial score (nSPS) is 10.2. The molecule has 2 unspecified atom stereocenters. The van der Waals surface area contributed by atoms with Gasteiger partial charge in [0.05, 0.1) is 0 Å². The van der Waals surface area contributed by atoms with Crippen LogP contribution in [0.5, 0.6) is 0 Å². The second-order valence-corrected chi connectivity index (χ2v) is 2.57. The van der Waals surface area contributed by atoms with E-state index in [0.717, 1.165) is 6.54 Å². The molecule has 0 aromatic heterocycles. The average molecular weight is 205 g/mol. The molecular weight excluding hydrogens is 192 g/mol. The number of nitrogens with two attached hydrogens (primary N) is 1. The smallest absolute Gasteiger partial charge is 0.331 e. The fourth-order valence-corrected chi connectivity index (χ4v) is 0.538. The lowest BCUT2D eigenvalue weighted by molar-refractivity contribution is 0.371. The lowest BCUT2D eigenvalue weighted by Gasteiger charge is -1.53. The van der Waals surface area contributed by atoms with Crippen molar-refractivity contribution < 1.29 is 23.2 Å². The Balaban J connectivity index is -0.000000140. The highest BCUT2D eigenvalue weighted by molar-refractivity contribution is 7.46. The van der Waals surface area contributed by atoms with Gasteiger partial charge in [0, 0.05) is 9.13 Å². The first-order valence-corrected chi connectivity index (χ1v) is 4.51. The number of hydrogen-bond donors (Lipinski definition) is 3. The Morgan fingerprint density at radius 2 is 1.55 bits per heavy atom. The average Bonchev–Trinajstić information content (AvgIpc) is 1.62. The molecule has 0 aromatic carbocycles. The Kier molecular flexibility index (Phi) is 19.9. The molecule has 0 spiro atoms. The van der Waals surface area contributed by atoms with E-state index in [9.17, 15) is 9.13 Å². The van der Waals surface area contributed by atoms with E-state index in [0.29, 0.717) is 0 Å². The monoisotopic (exact) mass is 205 g/mol. The van der Waals surface area contributed by atoms with Crippen molar-refractivity contribution in [1.29, 1.82) is 0 Å². The predicted molar refractivity (Wildman–Crippen MR) is 42.2 cm³/mol. The van der Waals surface area contributed by atoms with Gasteiger partial charge in [0.2, 0.25) is 0 Å². The predicted octanol–water partition coefficient (Wildman–Crippen LogP) is 0.903. The number of rotatable bonds is 2. The molecule has 68 valence electrons. The lowest BCUT2D eigenvalue weighted by atomic mass is 10.8. The van der Waals surface area contributed by atoms with Gasteiger partial charge in [0.25, 0.3) is 0 Å². The zero-order valence-corrected chi connectivity index (χ0v) is 7.09. The molecule has 0 radical (unpaired) electrons. The van der Waals surface area contributed by atoms with Crippen molar-refractivity contribution in [3.63, 3.8) is 0 Å². The van der Waals surface area contributed by atoms with Gasteiger partial charge in [-0.15, -0.1) is 9.79 Å². The van der Waals surface area contributed by atoms with E-state index in [2.05, 4.69) is 4.31 Å². The molecule has 8 heteroatoms. The summed E-state index contributed by atoms with van der Waals surface area (Å²) >= 11 is 0. The third-order valence-electron chi connectivity index (χ3n) is 0.140. The fraction of sp³-hybridized carbons (Fsp3) is 1.00. The van der Waals surface area contributed by atoms with Crippen molar-refractivity contribution in [1.82, 2.24) is 0 Å². The van der Waals surface area contributed by atoms with Crippen LogP contribution in [-0.4, -0.2) is 16.3 Å². The van der Waals surface area contributed by atoms with Gasteiger partial charge in [-0.25, -0.2) is 0 Å². The molecule has 4 N–H and O–H groups in total. The van der Waals surface area contributed by atoms with Crippen molar-refractivity contribution in [2.45, 2.75) is 14.4 Å². The van der Waals surface area contributed by atoms with Crippen molar-refractivity contribution in [3.05, 3.63) is 0 Å². The van der Waals surface area contributed by atoms with Crippen molar-refractivity contribution in [3.8, 4) is 0 Å². The van der Waals surface area contributed by atoms with Gasteiger partial charge in [0.1, 0.15) is 0 Å². The first-order chi connectivity index (χ1) is 4.54. The van der Waals surface area contributed by atoms with Crippen LogP contribution in [-0.2, 0) is 13.4 Å². The Labute approximate surface area is 67.3 Å². The van der Waals surface area contributed by atoms with E-state index < -0.39 is 16.5 Å². The zero-order valence-electron chi connectivity index (χ0n) is 5.30. The lowest BCUT2D eigenvalue weighted by Crippen LogP contribution is -1.87. The summed E-state index contributed by atoms with van der Waals surface area (Å²) in [5.41, 5.74) is 4.85. The summed E-state index contributed by atoms with van der Waals surface area (Å²) in [5, 5.41) is 0. The standard InChI is InChI=1S/C2H7N.CH4.O5P2/c1-2-3;;1-6(2)5-7(3)4/h2-3H2,1H3;1H4;/p+2. The van der Waals surface area contributed by atoms with Crippen LogP contribution in [0, 0.1) is 0 Å². The van der Waals surface area contributed by atoms with Crippen LogP contribution in [0.3, 0.4) is 0 Å². The van der Waals surface area contributed by atoms with Gasteiger partial charge in [-0.2, -0.15) is 0 Å². The highest BCUT2D eigenvalue weighted by atomic mass is 31.2. The summed E-state index contributed by atoms with van der Waals surface area (Å²) in [6.07, 6.45) is 0. The molecule has 0 saturated carbocycles. The summed E-state index contributed by atoms with van der Waals surface area (Å²) in [4.78, 5) is 15.3. The van der Waals surface area contributed by atoms with Gasteiger partial charge in [-0.05, 0) is 6.54 Å². The molecule has 0 amide bonds. The third kappa shape index (κ3) is 39.8. The van der Waals surface area contributed by atoms with Crippen LogP contribution in [0.1, 0.15) is 14.4 Å². The molecule has 6 nitrogen and oxygen atoms in total. The summed E-state index contributed by atoms with van der Waals surface area (Å²) in [5.74, 6) is 0. The molecule has 0 aliphatic heterocycles. The summed E-state index contributed by atoms with van der Waals surface area (Å²) in [6, 6.07) is 0. The van der Waals surface area contributed by atoms with Crippen LogP contribution in [0.25, 0.3) is 0 Å². The molecule has 0 rings (SSSR count). The van der Waals surface area contributed by atoms with Crippen molar-refractivity contribution in [2.24, 2.45) is 5.73 Å². The molecule has 0 aliphatic carbocycles. The van der Waals surface area contributed by atoms with E-state index in [1.54, 1.807) is 0 Å². The first kappa shape index (κ1) is 17.2. The second kappa shape index (κ2) is 12.7. The molecule has 0 fully saturated rings. The van der Waals surface area contributed by atoms with E-state index >= 15 is 0 Å². The molecule has 11 heavy (non-hydrogen) atoms. The maximum atomic E-state index is 9.39. The zero-order chi connectivity index (χ0) is 8.57. The topological polar surface area (TPSA) is 110 Å². The Morgan fingerprint density at radius 1 is 1.36 bits per heavy atom.